The van der Waals surface area contributed by atoms with E-state index < -0.39 is 0 Å². The van der Waals surface area contributed by atoms with Gasteiger partial charge in [0, 0.05) is 15.4 Å². The van der Waals surface area contributed by atoms with Gasteiger partial charge < -0.3 is 5.32 Å². The second kappa shape index (κ2) is 7.52. The second-order valence-corrected chi connectivity index (χ2v) is 8.05. The fourth-order valence-electron chi connectivity index (χ4n) is 2.28. The van der Waals surface area contributed by atoms with Gasteiger partial charge in [0.25, 0.3) is 0 Å². The third kappa shape index (κ3) is 5.89. The third-order valence-corrected chi connectivity index (χ3v) is 4.78. The maximum Gasteiger partial charge on any atom is 0.0794 e. The van der Waals surface area contributed by atoms with E-state index in [2.05, 4.69) is 76.6 Å². The Morgan fingerprint density at radius 3 is 2.62 bits per heavy atom. The van der Waals surface area contributed by atoms with Gasteiger partial charge in [-0.15, -0.1) is 11.3 Å². The molecule has 0 radical (unpaired) electrons. The molecule has 1 aromatic carbocycles. The van der Waals surface area contributed by atoms with Gasteiger partial charge in [0.15, 0.2) is 0 Å². The Bertz CT molecular complexity index is 546. The van der Waals surface area contributed by atoms with Crippen LogP contribution in [0.1, 0.15) is 32.0 Å². The Kier molecular flexibility index (Phi) is 5.97. The molecule has 21 heavy (non-hydrogen) atoms. The van der Waals surface area contributed by atoms with Crippen molar-refractivity contribution in [2.75, 3.05) is 6.54 Å². The van der Waals surface area contributed by atoms with Gasteiger partial charge in [-0.25, -0.2) is 4.98 Å². The third-order valence-electron chi connectivity index (χ3n) is 3.37. The van der Waals surface area contributed by atoms with Crippen LogP contribution < -0.4 is 5.32 Å². The number of halogens is 1. The van der Waals surface area contributed by atoms with Crippen molar-refractivity contribution in [1.82, 2.24) is 10.3 Å². The number of rotatable bonds is 6. The van der Waals surface area contributed by atoms with Crippen molar-refractivity contribution in [3.8, 4) is 0 Å². The van der Waals surface area contributed by atoms with Crippen LogP contribution in [0.2, 0.25) is 0 Å². The van der Waals surface area contributed by atoms with Gasteiger partial charge in [0.05, 0.1) is 11.2 Å². The summed E-state index contributed by atoms with van der Waals surface area (Å²) in [4.78, 5) is 4.44. The molecule has 0 bridgehead atoms. The van der Waals surface area contributed by atoms with Crippen LogP contribution in [0.3, 0.4) is 0 Å². The van der Waals surface area contributed by atoms with Crippen molar-refractivity contribution in [3.63, 3.8) is 0 Å². The van der Waals surface area contributed by atoms with Crippen LogP contribution >= 0.6 is 27.3 Å². The number of nitrogens with zero attached hydrogens (tertiary/aromatic N) is 1. The zero-order chi connectivity index (χ0) is 15.3. The summed E-state index contributed by atoms with van der Waals surface area (Å²) >= 11 is 5.33. The van der Waals surface area contributed by atoms with Crippen LogP contribution in [-0.4, -0.2) is 17.1 Å². The number of thiazole rings is 1. The highest BCUT2D eigenvalue weighted by Crippen LogP contribution is 2.22. The molecule has 0 fully saturated rings. The zero-order valence-electron chi connectivity index (χ0n) is 12.9. The molecule has 1 heterocycles. The maximum absolute atomic E-state index is 4.44. The van der Waals surface area contributed by atoms with Crippen molar-refractivity contribution in [3.05, 3.63) is 50.9 Å². The lowest BCUT2D eigenvalue weighted by atomic mass is 9.94. The quantitative estimate of drug-likeness (QED) is 0.801. The number of hydrogen-bond donors (Lipinski definition) is 1. The standard InChI is InChI=1S/C17H23BrN2S/c1-17(2,3)20-10-13(9-15-11-21-12-19-15)8-14-6-4-5-7-16(14)18/h4-7,11-13,20H,8-10H2,1-3H3. The molecular formula is C17H23BrN2S. The maximum atomic E-state index is 4.44. The molecule has 1 N–H and O–H groups in total. The first-order valence-electron chi connectivity index (χ1n) is 7.29. The summed E-state index contributed by atoms with van der Waals surface area (Å²) in [6, 6.07) is 8.50. The molecule has 4 heteroatoms. The van der Waals surface area contributed by atoms with E-state index in [-0.39, 0.29) is 5.54 Å². The van der Waals surface area contributed by atoms with Gasteiger partial charge in [-0.1, -0.05) is 34.1 Å². The van der Waals surface area contributed by atoms with Crippen LogP contribution in [0.5, 0.6) is 0 Å². The topological polar surface area (TPSA) is 24.9 Å². The Morgan fingerprint density at radius 1 is 1.24 bits per heavy atom. The zero-order valence-corrected chi connectivity index (χ0v) is 15.3. The smallest absolute Gasteiger partial charge is 0.0794 e. The monoisotopic (exact) mass is 366 g/mol. The molecule has 0 aliphatic carbocycles. The van der Waals surface area contributed by atoms with Crippen molar-refractivity contribution in [1.29, 1.82) is 0 Å². The fourth-order valence-corrected chi connectivity index (χ4v) is 3.29. The van der Waals surface area contributed by atoms with Gasteiger partial charge >= 0.3 is 0 Å². The summed E-state index contributed by atoms with van der Waals surface area (Å²) in [5.41, 5.74) is 4.64. The van der Waals surface area contributed by atoms with Crippen molar-refractivity contribution in [2.45, 2.75) is 39.2 Å². The second-order valence-electron chi connectivity index (χ2n) is 6.48. The van der Waals surface area contributed by atoms with E-state index in [1.807, 2.05) is 5.51 Å². The van der Waals surface area contributed by atoms with Gasteiger partial charge in [-0.3, -0.25) is 0 Å². The summed E-state index contributed by atoms with van der Waals surface area (Å²) in [7, 11) is 0. The molecule has 0 saturated carbocycles. The minimum absolute atomic E-state index is 0.147. The number of hydrogen-bond acceptors (Lipinski definition) is 3. The average Bonchev–Trinajstić information content (AvgIpc) is 2.90. The largest absolute Gasteiger partial charge is 0.312 e. The molecule has 2 nitrogen and oxygen atoms in total. The van der Waals surface area contributed by atoms with Gasteiger partial charge in [0.1, 0.15) is 0 Å². The average molecular weight is 367 g/mol. The molecule has 0 spiro atoms. The van der Waals surface area contributed by atoms with E-state index in [4.69, 9.17) is 0 Å². The van der Waals surface area contributed by atoms with Crippen LogP contribution in [0.4, 0.5) is 0 Å². The summed E-state index contributed by atoms with van der Waals surface area (Å²) in [6.45, 7) is 7.64. The number of benzene rings is 1. The lowest BCUT2D eigenvalue weighted by Gasteiger charge is -2.25. The Morgan fingerprint density at radius 2 is 2.00 bits per heavy atom. The normalized spacial score (nSPS) is 13.3. The van der Waals surface area contributed by atoms with Gasteiger partial charge in [-0.2, -0.15) is 0 Å². The minimum Gasteiger partial charge on any atom is -0.312 e. The molecular weight excluding hydrogens is 344 g/mol. The lowest BCUT2D eigenvalue weighted by Crippen LogP contribution is -2.40. The molecule has 114 valence electrons. The van der Waals surface area contributed by atoms with Crippen LogP contribution in [-0.2, 0) is 12.8 Å². The molecule has 1 atom stereocenters. The number of aromatic nitrogens is 1. The van der Waals surface area contributed by atoms with Crippen LogP contribution in [0, 0.1) is 5.92 Å². The van der Waals surface area contributed by atoms with Crippen molar-refractivity contribution >= 4 is 27.3 Å². The molecule has 0 saturated heterocycles. The van der Waals surface area contributed by atoms with Gasteiger partial charge in [-0.05, 0) is 57.7 Å². The summed E-state index contributed by atoms with van der Waals surface area (Å²) in [5, 5.41) is 5.79. The summed E-state index contributed by atoms with van der Waals surface area (Å²) in [6.07, 6.45) is 2.08. The summed E-state index contributed by atoms with van der Waals surface area (Å²) in [5.74, 6) is 0.546. The van der Waals surface area contributed by atoms with Crippen molar-refractivity contribution < 1.29 is 0 Å². The van der Waals surface area contributed by atoms with E-state index in [9.17, 15) is 0 Å². The molecule has 2 rings (SSSR count). The molecule has 1 aromatic heterocycles. The predicted octanol–water partition coefficient (Wildman–Crippen LogP) is 4.70. The fraction of sp³-hybridized carbons (Fsp3) is 0.471. The van der Waals surface area contributed by atoms with E-state index in [0.717, 1.165) is 19.4 Å². The highest BCUT2D eigenvalue weighted by Gasteiger charge is 2.17. The Hall–Kier alpha value is -0.710. The lowest BCUT2D eigenvalue weighted by molar-refractivity contribution is 0.366. The first-order chi connectivity index (χ1) is 9.94. The van der Waals surface area contributed by atoms with Gasteiger partial charge in [0.2, 0.25) is 0 Å². The van der Waals surface area contributed by atoms with E-state index in [1.165, 1.54) is 15.7 Å². The minimum atomic E-state index is 0.147. The number of nitrogens with one attached hydrogen (secondary N) is 1. The Labute approximate surface area is 140 Å². The highest BCUT2D eigenvalue weighted by atomic mass is 79.9. The molecule has 0 amide bonds. The van der Waals surface area contributed by atoms with Crippen LogP contribution in [0.25, 0.3) is 0 Å². The molecule has 2 aromatic rings. The van der Waals surface area contributed by atoms with E-state index in [1.54, 1.807) is 11.3 Å². The molecule has 1 unspecified atom stereocenters. The predicted molar refractivity (Wildman–Crippen MR) is 94.9 cm³/mol. The Balaban J connectivity index is 2.06. The first kappa shape index (κ1) is 16.7. The first-order valence-corrected chi connectivity index (χ1v) is 9.03. The highest BCUT2D eigenvalue weighted by molar-refractivity contribution is 9.10. The van der Waals surface area contributed by atoms with E-state index in [0.29, 0.717) is 5.92 Å². The van der Waals surface area contributed by atoms with Crippen molar-refractivity contribution in [2.24, 2.45) is 5.92 Å². The molecule has 0 aliphatic heterocycles. The molecule has 0 aliphatic rings. The van der Waals surface area contributed by atoms with E-state index >= 15 is 0 Å². The summed E-state index contributed by atoms with van der Waals surface area (Å²) < 4.78 is 1.20. The SMILES string of the molecule is CC(C)(C)NCC(Cc1cscn1)Cc1ccccc1Br. The van der Waals surface area contributed by atoms with Crippen LogP contribution in [0.15, 0.2) is 39.6 Å².